The van der Waals surface area contributed by atoms with Gasteiger partial charge >= 0.3 is 6.18 Å². The van der Waals surface area contributed by atoms with Crippen LogP contribution in [-0.2, 0) is 17.4 Å². The molecular formula is C19H16F3N3O2. The monoisotopic (exact) mass is 375 g/mol. The summed E-state index contributed by atoms with van der Waals surface area (Å²) in [5.74, 6) is -0.0589. The fraction of sp³-hybridized carbons (Fsp3) is 0.211. The number of nitrogens with zero attached hydrogens (tertiary/aromatic N) is 2. The number of halogens is 3. The van der Waals surface area contributed by atoms with E-state index in [1.54, 1.807) is 6.07 Å². The minimum Gasteiger partial charge on any atom is -0.421 e. The average molecular weight is 375 g/mol. The highest BCUT2D eigenvalue weighted by Crippen LogP contribution is 2.31. The second-order valence-electron chi connectivity index (χ2n) is 6.00. The molecule has 1 aromatic heterocycles. The zero-order chi connectivity index (χ0) is 19.4. The van der Waals surface area contributed by atoms with E-state index < -0.39 is 11.7 Å². The smallest absolute Gasteiger partial charge is 0.416 e. The number of benzene rings is 2. The van der Waals surface area contributed by atoms with Gasteiger partial charge in [0.25, 0.3) is 0 Å². The Kier molecular flexibility index (Phi) is 5.25. The highest BCUT2D eigenvalue weighted by atomic mass is 19.4. The summed E-state index contributed by atoms with van der Waals surface area (Å²) in [5.41, 5.74) is 1.09. The van der Waals surface area contributed by atoms with Gasteiger partial charge in [-0.2, -0.15) is 13.2 Å². The Bertz CT molecular complexity index is 951. The van der Waals surface area contributed by atoms with Crippen molar-refractivity contribution in [1.82, 2.24) is 10.2 Å². The molecule has 0 saturated carbocycles. The Hall–Kier alpha value is -3.16. The Morgan fingerprint density at radius 1 is 1.11 bits per heavy atom. The normalized spacial score (nSPS) is 11.4. The predicted molar refractivity (Wildman–Crippen MR) is 92.9 cm³/mol. The van der Waals surface area contributed by atoms with E-state index in [0.717, 1.165) is 17.7 Å². The van der Waals surface area contributed by atoms with E-state index in [0.29, 0.717) is 5.69 Å². The number of aromatic nitrogens is 2. The summed E-state index contributed by atoms with van der Waals surface area (Å²) in [6.07, 6.45) is -4.16. The van der Waals surface area contributed by atoms with Crippen LogP contribution in [0.2, 0.25) is 0 Å². The number of amides is 1. The van der Waals surface area contributed by atoms with Crippen LogP contribution in [0.3, 0.4) is 0 Å². The number of carbonyl (C=O) groups excluding carboxylic acids is 1. The fourth-order valence-electron chi connectivity index (χ4n) is 2.47. The third kappa shape index (κ3) is 4.93. The SMILES string of the molecule is Cc1cccc(NC(=O)CCc2nnc(-c3cccc(C(F)(F)F)c3)o2)c1. The first-order chi connectivity index (χ1) is 12.8. The summed E-state index contributed by atoms with van der Waals surface area (Å²) in [7, 11) is 0. The van der Waals surface area contributed by atoms with Crippen LogP contribution in [-0.4, -0.2) is 16.1 Å². The maximum Gasteiger partial charge on any atom is 0.416 e. The van der Waals surface area contributed by atoms with Gasteiger partial charge in [0, 0.05) is 24.1 Å². The zero-order valence-corrected chi connectivity index (χ0v) is 14.4. The quantitative estimate of drug-likeness (QED) is 0.706. The van der Waals surface area contributed by atoms with Crippen LogP contribution >= 0.6 is 0 Å². The molecule has 8 heteroatoms. The summed E-state index contributed by atoms with van der Waals surface area (Å²) in [5, 5.41) is 10.3. The molecular weight excluding hydrogens is 359 g/mol. The molecule has 2 aromatic carbocycles. The third-order valence-corrected chi connectivity index (χ3v) is 3.77. The first-order valence-corrected chi connectivity index (χ1v) is 8.18. The first-order valence-electron chi connectivity index (χ1n) is 8.18. The molecule has 1 heterocycles. The minimum absolute atomic E-state index is 0.0183. The second kappa shape index (κ2) is 7.61. The van der Waals surface area contributed by atoms with E-state index in [1.165, 1.54) is 12.1 Å². The molecule has 5 nitrogen and oxygen atoms in total. The number of hydrogen-bond donors (Lipinski definition) is 1. The van der Waals surface area contributed by atoms with Crippen LogP contribution in [0, 0.1) is 6.92 Å². The Morgan fingerprint density at radius 2 is 1.89 bits per heavy atom. The van der Waals surface area contributed by atoms with Crippen molar-refractivity contribution < 1.29 is 22.4 Å². The molecule has 1 N–H and O–H groups in total. The van der Waals surface area contributed by atoms with Crippen molar-refractivity contribution in [3.8, 4) is 11.5 Å². The molecule has 0 bridgehead atoms. The Balaban J connectivity index is 1.62. The van der Waals surface area contributed by atoms with Gasteiger partial charge in [-0.1, -0.05) is 18.2 Å². The number of carbonyl (C=O) groups is 1. The summed E-state index contributed by atoms with van der Waals surface area (Å²) in [6, 6.07) is 12.0. The number of anilines is 1. The van der Waals surface area contributed by atoms with E-state index in [9.17, 15) is 18.0 Å². The molecule has 0 atom stereocenters. The molecule has 0 aliphatic carbocycles. The molecule has 0 saturated heterocycles. The van der Waals surface area contributed by atoms with Gasteiger partial charge in [0.05, 0.1) is 5.56 Å². The van der Waals surface area contributed by atoms with Gasteiger partial charge in [-0.15, -0.1) is 10.2 Å². The van der Waals surface area contributed by atoms with Gasteiger partial charge in [-0.05, 0) is 42.8 Å². The summed E-state index contributed by atoms with van der Waals surface area (Å²) < 4.78 is 43.8. The molecule has 0 aliphatic heterocycles. The molecule has 3 rings (SSSR count). The van der Waals surface area contributed by atoms with Crippen molar-refractivity contribution in [3.05, 3.63) is 65.5 Å². The standard InChI is InChI=1S/C19H16F3N3O2/c1-12-4-2-7-15(10-12)23-16(26)8-9-17-24-25-18(27-17)13-5-3-6-14(11-13)19(20,21)22/h2-7,10-11H,8-9H2,1H3,(H,23,26). The van der Waals surface area contributed by atoms with Gasteiger partial charge in [0.2, 0.25) is 17.7 Å². The molecule has 0 fully saturated rings. The van der Waals surface area contributed by atoms with Crippen LogP contribution in [0.25, 0.3) is 11.5 Å². The predicted octanol–water partition coefficient (Wildman–Crippen LogP) is 4.64. The Labute approximate surface area is 153 Å². The van der Waals surface area contributed by atoms with Crippen molar-refractivity contribution >= 4 is 11.6 Å². The average Bonchev–Trinajstić information content (AvgIpc) is 3.08. The summed E-state index contributed by atoms with van der Waals surface area (Å²) in [6.45, 7) is 1.92. The molecule has 0 unspecified atom stereocenters. The van der Waals surface area contributed by atoms with Crippen LogP contribution in [0.5, 0.6) is 0 Å². The maximum absolute atomic E-state index is 12.8. The largest absolute Gasteiger partial charge is 0.421 e. The third-order valence-electron chi connectivity index (χ3n) is 3.77. The van der Waals surface area contributed by atoms with Crippen LogP contribution in [0.15, 0.2) is 52.9 Å². The summed E-state index contributed by atoms with van der Waals surface area (Å²) >= 11 is 0. The van der Waals surface area contributed by atoms with Crippen LogP contribution < -0.4 is 5.32 Å². The maximum atomic E-state index is 12.8. The van der Waals surface area contributed by atoms with Crippen molar-refractivity contribution in [2.24, 2.45) is 0 Å². The van der Waals surface area contributed by atoms with Crippen molar-refractivity contribution in [3.63, 3.8) is 0 Å². The van der Waals surface area contributed by atoms with Gasteiger partial charge in [0.1, 0.15) is 0 Å². The zero-order valence-electron chi connectivity index (χ0n) is 14.4. The van der Waals surface area contributed by atoms with E-state index in [-0.39, 0.29) is 36.1 Å². The molecule has 0 radical (unpaired) electrons. The fourth-order valence-corrected chi connectivity index (χ4v) is 2.47. The van der Waals surface area contributed by atoms with Crippen molar-refractivity contribution in [2.45, 2.75) is 25.9 Å². The number of rotatable bonds is 5. The number of aryl methyl sites for hydroxylation is 2. The number of nitrogens with one attached hydrogen (secondary N) is 1. The highest BCUT2D eigenvalue weighted by molar-refractivity contribution is 5.90. The first kappa shape index (κ1) is 18.6. The van der Waals surface area contributed by atoms with E-state index in [2.05, 4.69) is 15.5 Å². The lowest BCUT2D eigenvalue weighted by Gasteiger charge is -2.06. The van der Waals surface area contributed by atoms with Gasteiger partial charge in [-0.3, -0.25) is 4.79 Å². The number of alkyl halides is 3. The van der Waals surface area contributed by atoms with Crippen LogP contribution in [0.4, 0.5) is 18.9 Å². The summed E-state index contributed by atoms with van der Waals surface area (Å²) in [4.78, 5) is 12.0. The molecule has 0 aliphatic rings. The van der Waals surface area contributed by atoms with Gasteiger partial charge in [-0.25, -0.2) is 0 Å². The van der Waals surface area contributed by atoms with Crippen molar-refractivity contribution in [2.75, 3.05) is 5.32 Å². The molecule has 1 amide bonds. The lowest BCUT2D eigenvalue weighted by molar-refractivity contribution is -0.137. The van der Waals surface area contributed by atoms with E-state index >= 15 is 0 Å². The van der Waals surface area contributed by atoms with Crippen LogP contribution in [0.1, 0.15) is 23.4 Å². The number of hydrogen-bond acceptors (Lipinski definition) is 4. The lowest BCUT2D eigenvalue weighted by atomic mass is 10.1. The second-order valence-corrected chi connectivity index (χ2v) is 6.00. The molecule has 27 heavy (non-hydrogen) atoms. The molecule has 3 aromatic rings. The highest BCUT2D eigenvalue weighted by Gasteiger charge is 2.30. The van der Waals surface area contributed by atoms with E-state index in [4.69, 9.17) is 4.42 Å². The van der Waals surface area contributed by atoms with Gasteiger partial charge < -0.3 is 9.73 Å². The lowest BCUT2D eigenvalue weighted by Crippen LogP contribution is -2.12. The Morgan fingerprint density at radius 3 is 2.63 bits per heavy atom. The van der Waals surface area contributed by atoms with Crippen molar-refractivity contribution in [1.29, 1.82) is 0 Å². The van der Waals surface area contributed by atoms with E-state index in [1.807, 2.05) is 25.1 Å². The topological polar surface area (TPSA) is 68.0 Å². The minimum atomic E-state index is -4.45. The van der Waals surface area contributed by atoms with Gasteiger partial charge in [0.15, 0.2) is 0 Å². The molecule has 140 valence electrons. The molecule has 0 spiro atoms.